The van der Waals surface area contributed by atoms with Gasteiger partial charge in [-0.2, -0.15) is 0 Å². The van der Waals surface area contributed by atoms with Crippen LogP contribution in [-0.4, -0.2) is 11.6 Å². The molecule has 0 aromatic rings. The van der Waals surface area contributed by atoms with Gasteiger partial charge in [-0.1, -0.05) is 84.5 Å². The molecule has 2 atom stereocenters. The van der Waals surface area contributed by atoms with Gasteiger partial charge in [-0.05, 0) is 26.7 Å². The van der Waals surface area contributed by atoms with E-state index in [-0.39, 0.29) is 11.8 Å². The van der Waals surface area contributed by atoms with E-state index in [0.29, 0.717) is 11.6 Å². The minimum atomic E-state index is 0.258. The number of rotatable bonds is 16. The Hall–Kier alpha value is -0.660. The zero-order valence-corrected chi connectivity index (χ0v) is 16.2. The van der Waals surface area contributed by atoms with E-state index in [1.54, 1.807) is 13.8 Å². The van der Waals surface area contributed by atoms with Crippen molar-refractivity contribution in [1.29, 1.82) is 0 Å². The van der Waals surface area contributed by atoms with Crippen molar-refractivity contribution in [2.75, 3.05) is 0 Å². The Labute approximate surface area is 144 Å². The highest BCUT2D eigenvalue weighted by Crippen LogP contribution is 2.15. The monoisotopic (exact) mass is 324 g/mol. The van der Waals surface area contributed by atoms with Crippen molar-refractivity contribution in [3.05, 3.63) is 0 Å². The van der Waals surface area contributed by atoms with Crippen LogP contribution in [0.25, 0.3) is 0 Å². The summed E-state index contributed by atoms with van der Waals surface area (Å²) in [5, 5.41) is 0. The van der Waals surface area contributed by atoms with Crippen molar-refractivity contribution in [3.63, 3.8) is 0 Å². The largest absolute Gasteiger partial charge is 0.300 e. The molecule has 0 rings (SSSR count). The first kappa shape index (κ1) is 22.3. The molecule has 0 aliphatic heterocycles. The second kappa shape index (κ2) is 14.9. The highest BCUT2D eigenvalue weighted by Gasteiger charge is 2.07. The van der Waals surface area contributed by atoms with E-state index in [4.69, 9.17) is 0 Å². The zero-order chi connectivity index (χ0) is 17.5. The Kier molecular flexibility index (Phi) is 14.5. The van der Waals surface area contributed by atoms with E-state index >= 15 is 0 Å². The quantitative estimate of drug-likeness (QED) is 0.303. The van der Waals surface area contributed by atoms with Crippen LogP contribution in [0.4, 0.5) is 0 Å². The van der Waals surface area contributed by atoms with Gasteiger partial charge in [0.2, 0.25) is 0 Å². The second-order valence-corrected chi connectivity index (χ2v) is 7.49. The molecule has 2 nitrogen and oxygen atoms in total. The van der Waals surface area contributed by atoms with Crippen LogP contribution in [0.15, 0.2) is 0 Å². The molecular formula is C21H40O2. The van der Waals surface area contributed by atoms with E-state index in [1.807, 2.05) is 13.8 Å². The van der Waals surface area contributed by atoms with Gasteiger partial charge in [-0.15, -0.1) is 0 Å². The molecule has 0 aliphatic carbocycles. The Balaban J connectivity index is 3.16. The minimum absolute atomic E-state index is 0.258. The molecule has 136 valence electrons. The zero-order valence-electron chi connectivity index (χ0n) is 16.2. The van der Waals surface area contributed by atoms with Crippen molar-refractivity contribution in [2.45, 2.75) is 111 Å². The fraction of sp³-hybridized carbons (Fsp3) is 0.905. The summed E-state index contributed by atoms with van der Waals surface area (Å²) in [4.78, 5) is 22.2. The van der Waals surface area contributed by atoms with Crippen molar-refractivity contribution >= 4 is 11.6 Å². The summed E-state index contributed by atoms with van der Waals surface area (Å²) in [6, 6.07) is 0. The smallest absolute Gasteiger partial charge is 0.132 e. The molecule has 0 saturated heterocycles. The van der Waals surface area contributed by atoms with Gasteiger partial charge in [0.05, 0.1) is 0 Å². The molecule has 0 radical (unpaired) electrons. The van der Waals surface area contributed by atoms with E-state index in [2.05, 4.69) is 0 Å². The molecule has 0 aliphatic rings. The molecule has 0 fully saturated rings. The summed E-state index contributed by atoms with van der Waals surface area (Å²) < 4.78 is 0. The third kappa shape index (κ3) is 14.7. The van der Waals surface area contributed by atoms with Crippen LogP contribution in [0.1, 0.15) is 111 Å². The summed E-state index contributed by atoms with van der Waals surface area (Å²) >= 11 is 0. The van der Waals surface area contributed by atoms with Gasteiger partial charge in [0.25, 0.3) is 0 Å². The molecule has 23 heavy (non-hydrogen) atoms. The summed E-state index contributed by atoms with van der Waals surface area (Å²) in [6.07, 6.45) is 16.6. The molecule has 0 saturated carbocycles. The van der Waals surface area contributed by atoms with Crippen molar-refractivity contribution < 1.29 is 9.59 Å². The maximum Gasteiger partial charge on any atom is 0.132 e. The summed E-state index contributed by atoms with van der Waals surface area (Å²) in [5.41, 5.74) is 0. The molecular weight excluding hydrogens is 284 g/mol. The third-order valence-electron chi connectivity index (χ3n) is 5.16. The average Bonchev–Trinajstić information content (AvgIpc) is 2.50. The fourth-order valence-electron chi connectivity index (χ4n) is 2.90. The highest BCUT2D eigenvalue weighted by molar-refractivity contribution is 5.78. The molecule has 0 heterocycles. The van der Waals surface area contributed by atoms with Gasteiger partial charge in [0.15, 0.2) is 0 Å². The van der Waals surface area contributed by atoms with Crippen LogP contribution >= 0.6 is 0 Å². The van der Waals surface area contributed by atoms with E-state index in [1.165, 1.54) is 70.6 Å². The van der Waals surface area contributed by atoms with Crippen molar-refractivity contribution in [3.8, 4) is 0 Å². The lowest BCUT2D eigenvalue weighted by molar-refractivity contribution is -0.121. The third-order valence-corrected chi connectivity index (χ3v) is 5.16. The van der Waals surface area contributed by atoms with Crippen LogP contribution in [-0.2, 0) is 9.59 Å². The molecule has 0 amide bonds. The maximum absolute atomic E-state index is 11.1. The minimum Gasteiger partial charge on any atom is -0.300 e. The molecule has 2 unspecified atom stereocenters. The lowest BCUT2D eigenvalue weighted by atomic mass is 9.98. The lowest BCUT2D eigenvalue weighted by Gasteiger charge is -2.07. The number of Topliss-reactive ketones (excluding diaryl/α,β-unsaturated/α-hetero) is 2. The number of hydrogen-bond acceptors (Lipinski definition) is 2. The Morgan fingerprint density at radius 2 is 0.739 bits per heavy atom. The standard InChI is InChI=1S/C21H40O2/c1-18(20(3)22)16-14-12-10-8-6-5-7-9-11-13-15-17-19(2)21(4)23/h18-19H,5-17H2,1-4H3. The van der Waals surface area contributed by atoms with Crippen LogP contribution < -0.4 is 0 Å². The van der Waals surface area contributed by atoms with Crippen molar-refractivity contribution in [2.24, 2.45) is 11.8 Å². The number of unbranched alkanes of at least 4 members (excludes halogenated alkanes) is 10. The molecule has 0 N–H and O–H groups in total. The van der Waals surface area contributed by atoms with Gasteiger partial charge in [0.1, 0.15) is 11.6 Å². The van der Waals surface area contributed by atoms with Gasteiger partial charge >= 0.3 is 0 Å². The Morgan fingerprint density at radius 3 is 0.957 bits per heavy atom. The molecule has 0 bridgehead atoms. The molecule has 0 aromatic carbocycles. The SMILES string of the molecule is CC(=O)C(C)CCCCCCCCCCCCCC(C)C(C)=O. The normalized spacial score (nSPS) is 13.7. The first-order chi connectivity index (χ1) is 10.9. The van der Waals surface area contributed by atoms with Gasteiger partial charge in [0, 0.05) is 11.8 Å². The molecule has 0 aromatic heterocycles. The lowest BCUT2D eigenvalue weighted by Crippen LogP contribution is -2.05. The maximum atomic E-state index is 11.1. The number of hydrogen-bond donors (Lipinski definition) is 0. The predicted molar refractivity (Wildman–Crippen MR) is 99.7 cm³/mol. The van der Waals surface area contributed by atoms with Crippen molar-refractivity contribution in [1.82, 2.24) is 0 Å². The molecule has 0 spiro atoms. The Bertz CT molecular complexity index is 279. The van der Waals surface area contributed by atoms with E-state index in [9.17, 15) is 9.59 Å². The van der Waals surface area contributed by atoms with Gasteiger partial charge in [-0.3, -0.25) is 9.59 Å². The number of carbonyl (C=O) groups is 2. The summed E-state index contributed by atoms with van der Waals surface area (Å²) in [6.45, 7) is 7.50. The van der Waals surface area contributed by atoms with Gasteiger partial charge < -0.3 is 0 Å². The Morgan fingerprint density at radius 1 is 0.522 bits per heavy atom. The van der Waals surface area contributed by atoms with Crippen LogP contribution in [0, 0.1) is 11.8 Å². The van der Waals surface area contributed by atoms with Crippen LogP contribution in [0.5, 0.6) is 0 Å². The van der Waals surface area contributed by atoms with E-state index in [0.717, 1.165) is 12.8 Å². The second-order valence-electron chi connectivity index (χ2n) is 7.49. The van der Waals surface area contributed by atoms with Crippen LogP contribution in [0.2, 0.25) is 0 Å². The first-order valence-electron chi connectivity index (χ1n) is 9.96. The number of ketones is 2. The summed E-state index contributed by atoms with van der Waals surface area (Å²) in [5.74, 6) is 1.18. The molecule has 2 heteroatoms. The highest BCUT2D eigenvalue weighted by atomic mass is 16.1. The predicted octanol–water partition coefficient (Wildman–Crippen LogP) is 6.51. The summed E-state index contributed by atoms with van der Waals surface area (Å²) in [7, 11) is 0. The van der Waals surface area contributed by atoms with Crippen LogP contribution in [0.3, 0.4) is 0 Å². The number of carbonyl (C=O) groups excluding carboxylic acids is 2. The topological polar surface area (TPSA) is 34.1 Å². The van der Waals surface area contributed by atoms with Gasteiger partial charge in [-0.25, -0.2) is 0 Å². The average molecular weight is 325 g/mol. The fourth-order valence-corrected chi connectivity index (χ4v) is 2.90. The van der Waals surface area contributed by atoms with E-state index < -0.39 is 0 Å². The first-order valence-corrected chi connectivity index (χ1v) is 9.96.